The summed E-state index contributed by atoms with van der Waals surface area (Å²) in [6.07, 6.45) is 7.63. The van der Waals surface area contributed by atoms with Crippen molar-refractivity contribution in [2.45, 2.75) is 23.2 Å². The largest absolute Gasteiger partial charge is 0.228 e. The molecule has 322 valence electrons. The van der Waals surface area contributed by atoms with Gasteiger partial charge in [-0.2, -0.15) is 0 Å². The highest BCUT2D eigenvalue weighted by Gasteiger charge is 2.59. The zero-order chi connectivity index (χ0) is 45.3. The van der Waals surface area contributed by atoms with Gasteiger partial charge in [-0.15, -0.1) is 11.3 Å². The Morgan fingerprint density at radius 2 is 0.942 bits per heavy atom. The van der Waals surface area contributed by atoms with E-state index in [0.717, 1.165) is 34.8 Å². The van der Waals surface area contributed by atoms with Gasteiger partial charge in [-0.3, -0.25) is 0 Å². The van der Waals surface area contributed by atoms with Crippen LogP contribution >= 0.6 is 11.3 Å². The lowest BCUT2D eigenvalue weighted by Gasteiger charge is -2.48. The van der Waals surface area contributed by atoms with Gasteiger partial charge in [0, 0.05) is 37.2 Å². The summed E-state index contributed by atoms with van der Waals surface area (Å²) in [5, 5.41) is 2.62. The van der Waals surface area contributed by atoms with E-state index in [1.165, 1.54) is 98.1 Å². The SMILES string of the molecule is C1=CC(c2ccccc2)CC(c2cc(-c3ccc4c(c3)C3(c5cc6sc7ccccc7c6cc5-4)c4ccccc4C4(c5ccccc5-c5ccccc54)c4ccccc43)nc(-c3ccccc3)n2)=C1. The van der Waals surface area contributed by atoms with Gasteiger partial charge in [0.05, 0.1) is 22.2 Å². The number of aromatic nitrogens is 2. The molecule has 9 aromatic carbocycles. The fourth-order valence-corrected chi connectivity index (χ4v) is 14.1. The minimum absolute atomic E-state index is 0.267. The Morgan fingerprint density at radius 1 is 0.391 bits per heavy atom. The number of hydrogen-bond donors (Lipinski definition) is 0. The molecule has 4 aliphatic carbocycles. The summed E-state index contributed by atoms with van der Waals surface area (Å²) < 4.78 is 2.63. The minimum Gasteiger partial charge on any atom is -0.228 e. The molecule has 15 rings (SSSR count). The highest BCUT2D eigenvalue weighted by atomic mass is 32.1. The van der Waals surface area contributed by atoms with E-state index in [9.17, 15) is 0 Å². The first-order valence-corrected chi connectivity index (χ1v) is 24.9. The van der Waals surface area contributed by atoms with E-state index in [4.69, 9.17) is 9.97 Å². The smallest absolute Gasteiger partial charge is 0.160 e. The van der Waals surface area contributed by atoms with E-state index in [0.29, 0.717) is 0 Å². The Hall–Kier alpha value is -8.24. The first kappa shape index (κ1) is 38.8. The summed E-state index contributed by atoms with van der Waals surface area (Å²) >= 11 is 1.90. The Balaban J connectivity index is 1.02. The molecule has 69 heavy (non-hydrogen) atoms. The van der Waals surface area contributed by atoms with Gasteiger partial charge in [-0.1, -0.05) is 206 Å². The second-order valence-electron chi connectivity index (χ2n) is 19.1. The molecule has 0 aliphatic heterocycles. The maximum absolute atomic E-state index is 5.47. The third-order valence-corrected chi connectivity index (χ3v) is 16.9. The van der Waals surface area contributed by atoms with E-state index >= 15 is 0 Å². The predicted molar refractivity (Wildman–Crippen MR) is 285 cm³/mol. The van der Waals surface area contributed by atoms with Crippen LogP contribution in [0.25, 0.3) is 70.6 Å². The Morgan fingerprint density at radius 3 is 1.64 bits per heavy atom. The van der Waals surface area contributed by atoms with Crippen LogP contribution in [0.4, 0.5) is 0 Å². The van der Waals surface area contributed by atoms with Crippen molar-refractivity contribution in [1.29, 1.82) is 0 Å². The number of nitrogens with zero attached hydrogens (tertiary/aromatic N) is 2. The molecule has 0 amide bonds. The molecule has 11 aromatic rings. The normalized spacial score (nSPS) is 16.2. The Bertz CT molecular complexity index is 3910. The molecular weight excluding hydrogens is 853 g/mol. The predicted octanol–water partition coefficient (Wildman–Crippen LogP) is 16.3. The first-order valence-electron chi connectivity index (χ1n) is 24.1. The topological polar surface area (TPSA) is 25.8 Å². The van der Waals surface area contributed by atoms with Crippen LogP contribution in [0.1, 0.15) is 68.1 Å². The molecule has 2 heterocycles. The Labute approximate surface area is 405 Å². The maximum atomic E-state index is 5.47. The molecule has 4 aliphatic rings. The number of hydrogen-bond acceptors (Lipinski definition) is 3. The van der Waals surface area contributed by atoms with Gasteiger partial charge in [0.15, 0.2) is 5.82 Å². The molecule has 0 bridgehead atoms. The summed E-state index contributed by atoms with van der Waals surface area (Å²) in [6.45, 7) is 0. The number of benzene rings is 9. The van der Waals surface area contributed by atoms with Crippen LogP contribution in [0, 0.1) is 0 Å². The molecule has 1 unspecified atom stereocenters. The third-order valence-electron chi connectivity index (χ3n) is 15.7. The van der Waals surface area contributed by atoms with Crippen LogP contribution < -0.4 is 0 Å². The number of fused-ring (bicyclic) bond motifs is 19. The minimum atomic E-state index is -0.645. The maximum Gasteiger partial charge on any atom is 0.160 e. The summed E-state index contributed by atoms with van der Waals surface area (Å²) in [4.78, 5) is 10.8. The molecule has 0 radical (unpaired) electrons. The van der Waals surface area contributed by atoms with Crippen molar-refractivity contribution in [1.82, 2.24) is 9.97 Å². The molecule has 0 fully saturated rings. The van der Waals surface area contributed by atoms with E-state index in [1.807, 2.05) is 11.3 Å². The van der Waals surface area contributed by atoms with Crippen LogP contribution in [0.3, 0.4) is 0 Å². The van der Waals surface area contributed by atoms with Crippen molar-refractivity contribution in [3.63, 3.8) is 0 Å². The molecule has 0 saturated carbocycles. The highest BCUT2D eigenvalue weighted by Crippen LogP contribution is 2.68. The van der Waals surface area contributed by atoms with Gasteiger partial charge in [-0.05, 0) is 115 Å². The molecule has 2 spiro atoms. The zero-order valence-corrected chi connectivity index (χ0v) is 38.4. The van der Waals surface area contributed by atoms with Crippen molar-refractivity contribution >= 4 is 37.1 Å². The van der Waals surface area contributed by atoms with Crippen LogP contribution in [0.15, 0.2) is 237 Å². The molecular formula is C66H42N2S. The molecule has 1 atom stereocenters. The number of thiophene rings is 1. The summed E-state index contributed by atoms with van der Waals surface area (Å²) in [7, 11) is 0. The second kappa shape index (κ2) is 14.6. The van der Waals surface area contributed by atoms with Crippen molar-refractivity contribution in [2.24, 2.45) is 0 Å². The Kier molecular flexibility index (Phi) is 8.23. The van der Waals surface area contributed by atoms with Crippen LogP contribution in [0.2, 0.25) is 0 Å². The van der Waals surface area contributed by atoms with Gasteiger partial charge < -0.3 is 0 Å². The van der Waals surface area contributed by atoms with Crippen molar-refractivity contribution in [3.05, 3.63) is 292 Å². The summed E-state index contributed by atoms with van der Waals surface area (Å²) in [5.41, 5.74) is 21.1. The van der Waals surface area contributed by atoms with E-state index in [1.54, 1.807) is 0 Å². The standard InChI is InChI=1S/C66H42N2S/c1-3-18-41(19-4-1)43-22-17-23-44(36-43)60-40-61(68-64(67-60)42-20-5-2-6-21-42)45-34-35-48-50-38-51-49-26-9-16-33-62(49)69-63(51)39-59(50)66(58(48)37-45)56-31-14-12-29-54(56)65(55-30-13-15-32-57(55)66)52-27-10-7-24-46(52)47-25-8-11-28-53(47)65/h1-35,37-40,43H,36H2. The van der Waals surface area contributed by atoms with Gasteiger partial charge >= 0.3 is 0 Å². The lowest BCUT2D eigenvalue weighted by atomic mass is 9.52. The highest BCUT2D eigenvalue weighted by molar-refractivity contribution is 7.25. The number of rotatable bonds is 4. The van der Waals surface area contributed by atoms with Crippen LogP contribution in [-0.2, 0) is 10.8 Å². The fraction of sp³-hybridized carbons (Fsp3) is 0.0606. The van der Waals surface area contributed by atoms with E-state index in [2.05, 4.69) is 237 Å². The molecule has 2 nitrogen and oxygen atoms in total. The van der Waals surface area contributed by atoms with Crippen molar-refractivity contribution < 1.29 is 0 Å². The third kappa shape index (κ3) is 5.31. The van der Waals surface area contributed by atoms with Gasteiger partial charge in [0.2, 0.25) is 0 Å². The zero-order valence-electron chi connectivity index (χ0n) is 37.6. The molecule has 0 saturated heterocycles. The number of allylic oxidation sites excluding steroid dienone is 4. The molecule has 2 aromatic heterocycles. The van der Waals surface area contributed by atoms with Crippen LogP contribution in [-0.4, -0.2) is 9.97 Å². The van der Waals surface area contributed by atoms with Crippen molar-refractivity contribution in [3.8, 4) is 44.9 Å². The summed E-state index contributed by atoms with van der Waals surface area (Å²) in [6, 6.07) is 81.8. The van der Waals surface area contributed by atoms with Gasteiger partial charge in [0.25, 0.3) is 0 Å². The van der Waals surface area contributed by atoms with Gasteiger partial charge in [-0.25, -0.2) is 9.97 Å². The lowest BCUT2D eigenvalue weighted by molar-refractivity contribution is 0.633. The molecule has 0 N–H and O–H groups in total. The average Bonchev–Trinajstić information content (AvgIpc) is 4.04. The van der Waals surface area contributed by atoms with E-state index < -0.39 is 10.8 Å². The van der Waals surface area contributed by atoms with E-state index in [-0.39, 0.29) is 5.92 Å². The molecule has 3 heteroatoms. The quantitative estimate of drug-likeness (QED) is 0.176. The monoisotopic (exact) mass is 894 g/mol. The lowest BCUT2D eigenvalue weighted by Crippen LogP contribution is -2.43. The summed E-state index contributed by atoms with van der Waals surface area (Å²) in [5.74, 6) is 0.998. The van der Waals surface area contributed by atoms with Crippen LogP contribution in [0.5, 0.6) is 0 Å². The second-order valence-corrected chi connectivity index (χ2v) is 20.1. The first-order chi connectivity index (χ1) is 34.2. The van der Waals surface area contributed by atoms with Crippen molar-refractivity contribution in [2.75, 3.05) is 0 Å². The average molecular weight is 895 g/mol. The van der Waals surface area contributed by atoms with Gasteiger partial charge in [0.1, 0.15) is 0 Å². The fourth-order valence-electron chi connectivity index (χ4n) is 12.9.